The summed E-state index contributed by atoms with van der Waals surface area (Å²) in [6.45, 7) is 2.19. The predicted molar refractivity (Wildman–Crippen MR) is 84.4 cm³/mol. The van der Waals surface area contributed by atoms with E-state index in [1.54, 1.807) is 0 Å². The summed E-state index contributed by atoms with van der Waals surface area (Å²) in [5.41, 5.74) is 0. The molecule has 0 rings (SSSR count). The van der Waals surface area contributed by atoms with Gasteiger partial charge in [0.2, 0.25) is 11.8 Å². The fourth-order valence-electron chi connectivity index (χ4n) is 2.44. The lowest BCUT2D eigenvalue weighted by molar-refractivity contribution is -0.170. The van der Waals surface area contributed by atoms with Gasteiger partial charge in [-0.05, 0) is 6.42 Å². The predicted octanol–water partition coefficient (Wildman–Crippen LogP) is 3.22. The van der Waals surface area contributed by atoms with Crippen LogP contribution < -0.4 is 0 Å². The van der Waals surface area contributed by atoms with E-state index in [4.69, 9.17) is 5.21 Å². The van der Waals surface area contributed by atoms with E-state index in [1.807, 2.05) is 0 Å². The molecule has 2 N–H and O–H groups in total. The largest absolute Gasteiger partial charge is 0.286 e. The average Bonchev–Trinajstić information content (AvgIpc) is 2.47. The lowest BCUT2D eigenvalue weighted by Crippen LogP contribution is -2.34. The maximum atomic E-state index is 11.9. The first-order valence-corrected chi connectivity index (χ1v) is 8.32. The minimum atomic E-state index is -0.572. The van der Waals surface area contributed by atoms with E-state index >= 15 is 0 Å². The van der Waals surface area contributed by atoms with E-state index in [0.717, 1.165) is 19.3 Å². The highest BCUT2D eigenvalue weighted by molar-refractivity contribution is 5.84. The van der Waals surface area contributed by atoms with Gasteiger partial charge < -0.3 is 0 Å². The summed E-state index contributed by atoms with van der Waals surface area (Å²) in [6.07, 6.45) is 9.75. The second-order valence-electron chi connectivity index (χ2n) is 5.94. The summed E-state index contributed by atoms with van der Waals surface area (Å²) >= 11 is 0. The number of hydroxylamine groups is 4. The second-order valence-corrected chi connectivity index (χ2v) is 5.94. The van der Waals surface area contributed by atoms with Crippen LogP contribution in [0.25, 0.3) is 0 Å². The molecule has 0 aliphatic rings. The first-order valence-electron chi connectivity index (χ1n) is 8.32. The Morgan fingerprint density at radius 1 is 0.864 bits per heavy atom. The van der Waals surface area contributed by atoms with Crippen molar-refractivity contribution in [2.24, 2.45) is 5.92 Å². The molecule has 0 bridgehead atoms. The maximum Gasteiger partial charge on any atom is 0.249 e. The first-order chi connectivity index (χ1) is 10.4. The second kappa shape index (κ2) is 12.4. The Labute approximate surface area is 134 Å². The van der Waals surface area contributed by atoms with Gasteiger partial charge in [-0.15, -0.1) is 0 Å². The lowest BCUT2D eigenvalue weighted by Gasteiger charge is -2.20. The third-order valence-corrected chi connectivity index (χ3v) is 3.86. The maximum absolute atomic E-state index is 11.9. The van der Waals surface area contributed by atoms with Gasteiger partial charge in [0.15, 0.2) is 0 Å². The van der Waals surface area contributed by atoms with Crippen molar-refractivity contribution in [2.45, 2.75) is 71.1 Å². The Bertz CT molecular complexity index is 319. The van der Waals surface area contributed by atoms with Crippen LogP contribution in [0.4, 0.5) is 0 Å². The Hall–Kier alpha value is -1.14. The first kappa shape index (κ1) is 20.9. The lowest BCUT2D eigenvalue weighted by atomic mass is 9.95. The van der Waals surface area contributed by atoms with Crippen LogP contribution in [0.1, 0.15) is 71.1 Å². The molecule has 0 fully saturated rings. The zero-order valence-corrected chi connectivity index (χ0v) is 14.3. The number of nitrogens with zero attached hydrogens (tertiary/aromatic N) is 2. The summed E-state index contributed by atoms with van der Waals surface area (Å²) in [7, 11) is 2.50. The Morgan fingerprint density at radius 2 is 1.36 bits per heavy atom. The Balaban J connectivity index is 4.04. The van der Waals surface area contributed by atoms with Crippen LogP contribution in [0.3, 0.4) is 0 Å². The van der Waals surface area contributed by atoms with Gasteiger partial charge in [-0.1, -0.05) is 58.3 Å². The highest BCUT2D eigenvalue weighted by Gasteiger charge is 2.25. The molecule has 0 heterocycles. The molecule has 22 heavy (non-hydrogen) atoms. The fourth-order valence-corrected chi connectivity index (χ4v) is 2.44. The van der Waals surface area contributed by atoms with Crippen LogP contribution in [-0.2, 0) is 9.59 Å². The molecule has 0 aliphatic heterocycles. The van der Waals surface area contributed by atoms with E-state index in [-0.39, 0.29) is 6.42 Å². The van der Waals surface area contributed by atoms with Crippen LogP contribution in [0, 0.1) is 5.92 Å². The summed E-state index contributed by atoms with van der Waals surface area (Å²) < 4.78 is 0. The third kappa shape index (κ3) is 9.73. The van der Waals surface area contributed by atoms with Gasteiger partial charge in [-0.3, -0.25) is 20.0 Å². The molecule has 0 aromatic rings. The van der Waals surface area contributed by atoms with Crippen molar-refractivity contribution < 1.29 is 20.0 Å². The minimum absolute atomic E-state index is 0.0762. The van der Waals surface area contributed by atoms with Crippen molar-refractivity contribution in [1.82, 2.24) is 10.1 Å². The van der Waals surface area contributed by atoms with Gasteiger partial charge in [-0.2, -0.15) is 0 Å². The zero-order chi connectivity index (χ0) is 17.0. The molecular weight excluding hydrogens is 284 g/mol. The van der Waals surface area contributed by atoms with Crippen molar-refractivity contribution in [3.8, 4) is 0 Å². The summed E-state index contributed by atoms with van der Waals surface area (Å²) in [5, 5.41) is 19.4. The Kier molecular flexibility index (Phi) is 11.8. The molecule has 2 amide bonds. The number of unbranched alkanes of at least 4 members (excludes halogenated alkanes) is 7. The number of hydrogen-bond donors (Lipinski definition) is 2. The molecular formula is C16H32N2O4. The number of hydrogen-bond acceptors (Lipinski definition) is 4. The van der Waals surface area contributed by atoms with Crippen LogP contribution >= 0.6 is 0 Å². The van der Waals surface area contributed by atoms with Gasteiger partial charge in [0.25, 0.3) is 0 Å². The monoisotopic (exact) mass is 316 g/mol. The topological polar surface area (TPSA) is 81.1 Å². The van der Waals surface area contributed by atoms with Crippen LogP contribution in [-0.4, -0.2) is 46.5 Å². The highest BCUT2D eigenvalue weighted by atomic mass is 16.5. The van der Waals surface area contributed by atoms with Gasteiger partial charge in [0, 0.05) is 26.4 Å². The molecule has 0 aromatic heterocycles. The van der Waals surface area contributed by atoms with Crippen LogP contribution in [0.5, 0.6) is 0 Å². The SMILES string of the molecule is CCCCCCCCCCC(CC(=O)N(C)O)C(=O)N(C)O. The van der Waals surface area contributed by atoms with Crippen molar-refractivity contribution in [3.63, 3.8) is 0 Å². The van der Waals surface area contributed by atoms with E-state index < -0.39 is 17.7 Å². The number of rotatable bonds is 12. The summed E-state index contributed by atoms with van der Waals surface area (Å²) in [4.78, 5) is 23.4. The Morgan fingerprint density at radius 3 is 1.82 bits per heavy atom. The summed E-state index contributed by atoms with van der Waals surface area (Å²) in [6, 6.07) is 0. The number of carbonyl (C=O) groups excluding carboxylic acids is 2. The summed E-state index contributed by atoms with van der Waals surface area (Å²) in [5.74, 6) is -1.56. The molecule has 0 aliphatic carbocycles. The molecule has 1 unspecified atom stereocenters. The zero-order valence-electron chi connectivity index (χ0n) is 14.3. The normalized spacial score (nSPS) is 12.0. The molecule has 6 heteroatoms. The van der Waals surface area contributed by atoms with Gasteiger partial charge in [0.1, 0.15) is 0 Å². The molecule has 6 nitrogen and oxygen atoms in total. The van der Waals surface area contributed by atoms with Crippen LogP contribution in [0.15, 0.2) is 0 Å². The molecule has 0 saturated carbocycles. The molecule has 1 atom stereocenters. The van der Waals surface area contributed by atoms with Crippen LogP contribution in [0.2, 0.25) is 0 Å². The van der Waals surface area contributed by atoms with Crippen molar-refractivity contribution in [1.29, 1.82) is 0 Å². The average molecular weight is 316 g/mol. The quantitative estimate of drug-likeness (QED) is 0.329. The van der Waals surface area contributed by atoms with Crippen molar-refractivity contribution in [3.05, 3.63) is 0 Å². The van der Waals surface area contributed by atoms with Gasteiger partial charge >= 0.3 is 0 Å². The van der Waals surface area contributed by atoms with E-state index in [9.17, 15) is 14.8 Å². The fraction of sp³-hybridized carbons (Fsp3) is 0.875. The minimum Gasteiger partial charge on any atom is -0.286 e. The van der Waals surface area contributed by atoms with Crippen molar-refractivity contribution in [2.75, 3.05) is 14.1 Å². The third-order valence-electron chi connectivity index (χ3n) is 3.86. The standard InChI is InChI=1S/C16H32N2O4/c1-4-5-6-7-8-9-10-11-12-14(16(20)18(3)22)13-15(19)17(2)21/h14,21-22H,4-13H2,1-3H3. The van der Waals surface area contributed by atoms with E-state index in [0.29, 0.717) is 16.5 Å². The highest BCUT2D eigenvalue weighted by Crippen LogP contribution is 2.18. The molecule has 0 radical (unpaired) electrons. The van der Waals surface area contributed by atoms with Crippen molar-refractivity contribution >= 4 is 11.8 Å². The number of carbonyl (C=O) groups is 2. The van der Waals surface area contributed by atoms with E-state index in [2.05, 4.69) is 6.92 Å². The number of amides is 2. The molecule has 0 spiro atoms. The van der Waals surface area contributed by atoms with Gasteiger partial charge in [0.05, 0.1) is 0 Å². The van der Waals surface area contributed by atoms with E-state index in [1.165, 1.54) is 46.2 Å². The molecule has 0 aromatic carbocycles. The molecule has 0 saturated heterocycles. The van der Waals surface area contributed by atoms with Gasteiger partial charge in [-0.25, -0.2) is 10.1 Å². The smallest absolute Gasteiger partial charge is 0.249 e. The molecule has 130 valence electrons.